The van der Waals surface area contributed by atoms with Crippen molar-refractivity contribution in [2.45, 2.75) is 31.9 Å². The van der Waals surface area contributed by atoms with Crippen LogP contribution in [0, 0.1) is 5.92 Å². The van der Waals surface area contributed by atoms with Crippen LogP contribution in [0.2, 0.25) is 0 Å². The van der Waals surface area contributed by atoms with Crippen LogP contribution in [-0.2, 0) is 24.8 Å². The summed E-state index contributed by atoms with van der Waals surface area (Å²) >= 11 is 0. The monoisotopic (exact) mass is 313 g/mol. The third-order valence-electron chi connectivity index (χ3n) is 5.00. The van der Waals surface area contributed by atoms with Crippen LogP contribution >= 0.6 is 0 Å². The maximum absolute atomic E-state index is 6.09. The summed E-state index contributed by atoms with van der Waals surface area (Å²) in [6, 6.07) is 0. The quantitative estimate of drug-likeness (QED) is 0.864. The molecule has 0 spiro atoms. The van der Waals surface area contributed by atoms with Crippen LogP contribution in [0.3, 0.4) is 0 Å². The van der Waals surface area contributed by atoms with Crippen LogP contribution in [0.1, 0.15) is 36.0 Å². The van der Waals surface area contributed by atoms with Gasteiger partial charge in [0.2, 0.25) is 0 Å². The number of fused-ring (bicyclic) bond motifs is 1. The van der Waals surface area contributed by atoms with E-state index in [0.717, 1.165) is 44.9 Å². The van der Waals surface area contributed by atoms with Crippen molar-refractivity contribution in [3.8, 4) is 0 Å². The van der Waals surface area contributed by atoms with Gasteiger partial charge in [-0.25, -0.2) is 15.0 Å². The number of hydrogen-bond acceptors (Lipinski definition) is 5. The number of ether oxygens (including phenoxy) is 1. The summed E-state index contributed by atoms with van der Waals surface area (Å²) in [6.07, 6.45) is 11.0. The van der Waals surface area contributed by atoms with Crippen LogP contribution in [0.4, 0.5) is 0 Å². The van der Waals surface area contributed by atoms with E-state index in [1.165, 1.54) is 17.7 Å². The Kier molecular flexibility index (Phi) is 4.10. The van der Waals surface area contributed by atoms with E-state index < -0.39 is 0 Å². The molecule has 0 radical (unpaired) electrons. The summed E-state index contributed by atoms with van der Waals surface area (Å²) in [7, 11) is 2.05. The summed E-state index contributed by atoms with van der Waals surface area (Å²) in [5.74, 6) is 1.54. The number of aromatic nitrogens is 4. The molecule has 4 heterocycles. The standard InChI is InChI=1S/C17H23N5O/c1-21-7-5-19-17(21)16-14(3-2-8-23-16)10-22-6-4-13-9-18-12-20-15(13)11-22/h5,7,9,12,14,16H,2-4,6,8,10-11H2,1H3/t14-,16+/m0/s1. The lowest BCUT2D eigenvalue weighted by molar-refractivity contribution is -0.0464. The zero-order valence-corrected chi connectivity index (χ0v) is 13.6. The lowest BCUT2D eigenvalue weighted by Crippen LogP contribution is -2.39. The number of imidazole rings is 1. The highest BCUT2D eigenvalue weighted by Crippen LogP contribution is 2.34. The van der Waals surface area contributed by atoms with Crippen LogP contribution in [-0.4, -0.2) is 44.1 Å². The maximum Gasteiger partial charge on any atom is 0.137 e. The smallest absolute Gasteiger partial charge is 0.137 e. The van der Waals surface area contributed by atoms with E-state index in [2.05, 4.69) is 24.4 Å². The van der Waals surface area contributed by atoms with E-state index in [1.54, 1.807) is 6.33 Å². The SMILES string of the molecule is Cn1ccnc1[C@@H]1OCCC[C@H]1CN1CCc2cncnc2C1. The second-order valence-electron chi connectivity index (χ2n) is 6.57. The fraction of sp³-hybridized carbons (Fsp3) is 0.588. The summed E-state index contributed by atoms with van der Waals surface area (Å²) in [4.78, 5) is 15.6. The van der Waals surface area contributed by atoms with Gasteiger partial charge in [-0.1, -0.05) is 0 Å². The first-order valence-electron chi connectivity index (χ1n) is 8.40. The minimum absolute atomic E-state index is 0.107. The van der Waals surface area contributed by atoms with Crippen molar-refractivity contribution in [2.24, 2.45) is 13.0 Å². The first kappa shape index (κ1) is 14.8. The molecule has 0 bridgehead atoms. The molecule has 2 aliphatic rings. The van der Waals surface area contributed by atoms with Crippen molar-refractivity contribution in [1.82, 2.24) is 24.4 Å². The third kappa shape index (κ3) is 3.01. The third-order valence-corrected chi connectivity index (χ3v) is 5.00. The van der Waals surface area contributed by atoms with Gasteiger partial charge in [-0.05, 0) is 24.8 Å². The lowest BCUT2D eigenvalue weighted by Gasteiger charge is -2.36. The molecule has 2 aliphatic heterocycles. The maximum atomic E-state index is 6.09. The van der Waals surface area contributed by atoms with E-state index in [1.807, 2.05) is 25.6 Å². The second-order valence-corrected chi connectivity index (χ2v) is 6.57. The van der Waals surface area contributed by atoms with Gasteiger partial charge in [-0.2, -0.15) is 0 Å². The molecule has 1 fully saturated rings. The van der Waals surface area contributed by atoms with Crippen LogP contribution < -0.4 is 0 Å². The molecular weight excluding hydrogens is 290 g/mol. The molecule has 0 unspecified atom stereocenters. The molecule has 6 heteroatoms. The van der Waals surface area contributed by atoms with E-state index in [9.17, 15) is 0 Å². The van der Waals surface area contributed by atoms with E-state index in [-0.39, 0.29) is 6.10 Å². The Morgan fingerprint density at radius 2 is 2.30 bits per heavy atom. The summed E-state index contributed by atoms with van der Waals surface area (Å²) < 4.78 is 8.18. The Bertz CT molecular complexity index is 671. The predicted molar refractivity (Wildman–Crippen MR) is 85.6 cm³/mol. The Morgan fingerprint density at radius 1 is 1.35 bits per heavy atom. The molecular formula is C17H23N5O. The molecule has 23 heavy (non-hydrogen) atoms. The fourth-order valence-electron chi connectivity index (χ4n) is 3.76. The number of aryl methyl sites for hydroxylation is 1. The Hall–Kier alpha value is -1.79. The average Bonchev–Trinajstić information content (AvgIpc) is 3.01. The molecule has 1 saturated heterocycles. The second kappa shape index (κ2) is 6.37. The molecule has 0 saturated carbocycles. The average molecular weight is 313 g/mol. The molecule has 0 amide bonds. The molecule has 2 atom stereocenters. The van der Waals surface area contributed by atoms with Crippen LogP contribution in [0.25, 0.3) is 0 Å². The van der Waals surface area contributed by atoms with Crippen LogP contribution in [0.5, 0.6) is 0 Å². The van der Waals surface area contributed by atoms with Gasteiger partial charge < -0.3 is 9.30 Å². The van der Waals surface area contributed by atoms with Crippen molar-refractivity contribution in [3.05, 3.63) is 42.0 Å². The Morgan fingerprint density at radius 3 is 3.17 bits per heavy atom. The summed E-state index contributed by atoms with van der Waals surface area (Å²) in [5.41, 5.74) is 2.47. The van der Waals surface area contributed by atoms with Crippen LogP contribution in [0.15, 0.2) is 24.9 Å². The molecule has 2 aromatic rings. The van der Waals surface area contributed by atoms with Gasteiger partial charge >= 0.3 is 0 Å². The number of rotatable bonds is 3. The highest BCUT2D eigenvalue weighted by molar-refractivity contribution is 5.18. The fourth-order valence-corrected chi connectivity index (χ4v) is 3.76. The molecule has 122 valence electrons. The summed E-state index contributed by atoms with van der Waals surface area (Å²) in [6.45, 7) is 3.87. The molecule has 0 aliphatic carbocycles. The largest absolute Gasteiger partial charge is 0.370 e. The normalized spacial score (nSPS) is 25.3. The molecule has 0 N–H and O–H groups in total. The van der Waals surface area contributed by atoms with Crippen molar-refractivity contribution in [1.29, 1.82) is 0 Å². The van der Waals surface area contributed by atoms with Crippen molar-refractivity contribution >= 4 is 0 Å². The van der Waals surface area contributed by atoms with Crippen molar-refractivity contribution in [3.63, 3.8) is 0 Å². The zero-order chi connectivity index (χ0) is 15.6. The van der Waals surface area contributed by atoms with Gasteiger partial charge in [0.15, 0.2) is 0 Å². The highest BCUT2D eigenvalue weighted by Gasteiger charge is 2.32. The van der Waals surface area contributed by atoms with E-state index in [4.69, 9.17) is 4.74 Å². The lowest BCUT2D eigenvalue weighted by atomic mass is 9.92. The van der Waals surface area contributed by atoms with Gasteiger partial charge in [-0.3, -0.25) is 4.90 Å². The Balaban J connectivity index is 1.48. The molecule has 0 aromatic carbocycles. The van der Waals surface area contributed by atoms with Gasteiger partial charge in [0.25, 0.3) is 0 Å². The minimum Gasteiger partial charge on any atom is -0.370 e. The molecule has 4 rings (SSSR count). The first-order chi connectivity index (χ1) is 11.3. The van der Waals surface area contributed by atoms with Gasteiger partial charge in [0.05, 0.1) is 5.69 Å². The zero-order valence-electron chi connectivity index (χ0n) is 13.6. The van der Waals surface area contributed by atoms with Crippen molar-refractivity contribution in [2.75, 3.05) is 19.7 Å². The highest BCUT2D eigenvalue weighted by atomic mass is 16.5. The molecule has 6 nitrogen and oxygen atoms in total. The number of hydrogen-bond donors (Lipinski definition) is 0. The predicted octanol–water partition coefficient (Wildman–Crippen LogP) is 1.74. The first-order valence-corrected chi connectivity index (χ1v) is 8.40. The number of nitrogens with zero attached hydrogens (tertiary/aromatic N) is 5. The van der Waals surface area contributed by atoms with Gasteiger partial charge in [0, 0.05) is 57.8 Å². The topological polar surface area (TPSA) is 56.1 Å². The van der Waals surface area contributed by atoms with E-state index >= 15 is 0 Å². The van der Waals surface area contributed by atoms with Gasteiger partial charge in [0.1, 0.15) is 18.3 Å². The van der Waals surface area contributed by atoms with Crippen molar-refractivity contribution < 1.29 is 4.74 Å². The van der Waals surface area contributed by atoms with Gasteiger partial charge in [-0.15, -0.1) is 0 Å². The van der Waals surface area contributed by atoms with E-state index in [0.29, 0.717) is 5.92 Å². The summed E-state index contributed by atoms with van der Waals surface area (Å²) in [5, 5.41) is 0. The Labute approximate surface area is 136 Å². The molecule has 2 aromatic heterocycles. The minimum atomic E-state index is 0.107.